The van der Waals surface area contributed by atoms with E-state index in [1.807, 2.05) is 54.3 Å². The predicted octanol–water partition coefficient (Wildman–Crippen LogP) is 4.53. The minimum atomic E-state index is 0.0613. The highest BCUT2D eigenvalue weighted by Gasteiger charge is 2.20. The van der Waals surface area contributed by atoms with Gasteiger partial charge in [-0.25, -0.2) is 0 Å². The molecule has 0 aliphatic carbocycles. The van der Waals surface area contributed by atoms with E-state index in [4.69, 9.17) is 4.74 Å². The van der Waals surface area contributed by atoms with Gasteiger partial charge in [0, 0.05) is 18.2 Å². The summed E-state index contributed by atoms with van der Waals surface area (Å²) in [6.07, 6.45) is 0.926. The van der Waals surface area contributed by atoms with Gasteiger partial charge < -0.3 is 9.64 Å². The van der Waals surface area contributed by atoms with Gasteiger partial charge in [-0.05, 0) is 50.1 Å². The maximum atomic E-state index is 12.9. The Morgan fingerprint density at radius 3 is 2.26 bits per heavy atom. The molecule has 0 spiro atoms. The molecule has 2 aromatic carbocycles. The fourth-order valence-corrected chi connectivity index (χ4v) is 2.45. The zero-order chi connectivity index (χ0) is 16.7. The van der Waals surface area contributed by atoms with E-state index >= 15 is 0 Å². The van der Waals surface area contributed by atoms with Gasteiger partial charge in [-0.2, -0.15) is 0 Å². The molecule has 0 fully saturated rings. The van der Waals surface area contributed by atoms with Crippen LogP contribution in [0.4, 0.5) is 0 Å². The van der Waals surface area contributed by atoms with Crippen molar-refractivity contribution in [2.75, 3.05) is 6.61 Å². The average Bonchev–Trinajstić information content (AvgIpc) is 2.60. The first-order valence-corrected chi connectivity index (χ1v) is 8.23. The third-order valence-electron chi connectivity index (χ3n) is 3.99. The van der Waals surface area contributed by atoms with Crippen LogP contribution in [0, 0.1) is 0 Å². The number of rotatable bonds is 7. The molecular formula is C20H25NO2. The molecule has 1 unspecified atom stereocenters. The number of amides is 1. The lowest BCUT2D eigenvalue weighted by atomic mass is 10.1. The largest absolute Gasteiger partial charge is 0.494 e. The summed E-state index contributed by atoms with van der Waals surface area (Å²) < 4.78 is 5.44. The highest BCUT2D eigenvalue weighted by molar-refractivity contribution is 5.94. The maximum Gasteiger partial charge on any atom is 0.254 e. The van der Waals surface area contributed by atoms with Crippen molar-refractivity contribution in [1.29, 1.82) is 0 Å². The molecule has 0 aromatic heterocycles. The van der Waals surface area contributed by atoms with E-state index in [1.165, 1.54) is 0 Å². The smallest absolute Gasteiger partial charge is 0.254 e. The normalized spacial score (nSPS) is 11.8. The number of nitrogens with zero attached hydrogens (tertiary/aromatic N) is 1. The molecule has 1 atom stereocenters. The van der Waals surface area contributed by atoms with Crippen molar-refractivity contribution < 1.29 is 9.53 Å². The highest BCUT2D eigenvalue weighted by Crippen LogP contribution is 2.18. The van der Waals surface area contributed by atoms with E-state index in [0.29, 0.717) is 18.7 Å². The number of benzene rings is 2. The van der Waals surface area contributed by atoms with E-state index < -0.39 is 0 Å². The first-order valence-electron chi connectivity index (χ1n) is 8.23. The minimum Gasteiger partial charge on any atom is -0.494 e. The van der Waals surface area contributed by atoms with Crippen molar-refractivity contribution in [3.05, 3.63) is 65.7 Å². The van der Waals surface area contributed by atoms with Crippen molar-refractivity contribution in [2.24, 2.45) is 0 Å². The first kappa shape index (κ1) is 17.1. The van der Waals surface area contributed by atoms with Gasteiger partial charge in [-0.3, -0.25) is 4.79 Å². The Labute approximate surface area is 138 Å². The summed E-state index contributed by atoms with van der Waals surface area (Å²) in [6, 6.07) is 17.7. The van der Waals surface area contributed by atoms with Crippen LogP contribution in [-0.4, -0.2) is 23.5 Å². The molecule has 0 aliphatic rings. The molecule has 0 aliphatic heterocycles. The van der Waals surface area contributed by atoms with Gasteiger partial charge in [0.15, 0.2) is 0 Å². The summed E-state index contributed by atoms with van der Waals surface area (Å²) in [5.41, 5.74) is 1.84. The standard InChI is InChI=1S/C20H25NO2/c1-4-16(3)21(15-17-9-7-6-8-10-17)20(22)18-11-13-19(14-12-18)23-5-2/h6-14,16H,4-5,15H2,1-3H3. The van der Waals surface area contributed by atoms with Crippen molar-refractivity contribution >= 4 is 5.91 Å². The van der Waals surface area contributed by atoms with Crippen LogP contribution in [0.25, 0.3) is 0 Å². The second-order valence-electron chi connectivity index (χ2n) is 5.63. The second-order valence-corrected chi connectivity index (χ2v) is 5.63. The van der Waals surface area contributed by atoms with E-state index in [2.05, 4.69) is 26.0 Å². The number of carbonyl (C=O) groups is 1. The molecule has 2 aromatic rings. The van der Waals surface area contributed by atoms with E-state index in [9.17, 15) is 4.79 Å². The van der Waals surface area contributed by atoms with Crippen molar-refractivity contribution in [3.63, 3.8) is 0 Å². The summed E-state index contributed by atoms with van der Waals surface area (Å²) >= 11 is 0. The van der Waals surface area contributed by atoms with Crippen molar-refractivity contribution in [1.82, 2.24) is 4.90 Å². The summed E-state index contributed by atoms with van der Waals surface area (Å²) in [5, 5.41) is 0. The number of hydrogen-bond acceptors (Lipinski definition) is 2. The zero-order valence-electron chi connectivity index (χ0n) is 14.2. The number of hydrogen-bond donors (Lipinski definition) is 0. The van der Waals surface area contributed by atoms with Crippen LogP contribution in [0.15, 0.2) is 54.6 Å². The number of ether oxygens (including phenoxy) is 1. The Bertz CT molecular complexity index is 607. The molecule has 0 radical (unpaired) electrons. The quantitative estimate of drug-likeness (QED) is 0.752. The van der Waals surface area contributed by atoms with Gasteiger partial charge in [0.1, 0.15) is 5.75 Å². The lowest BCUT2D eigenvalue weighted by molar-refractivity contribution is 0.0671. The monoisotopic (exact) mass is 311 g/mol. The Morgan fingerprint density at radius 2 is 1.70 bits per heavy atom. The van der Waals surface area contributed by atoms with Crippen LogP contribution in [0.5, 0.6) is 5.75 Å². The molecule has 3 nitrogen and oxygen atoms in total. The number of carbonyl (C=O) groups excluding carboxylic acids is 1. The first-order chi connectivity index (χ1) is 11.2. The molecule has 0 saturated carbocycles. The topological polar surface area (TPSA) is 29.5 Å². The van der Waals surface area contributed by atoms with Gasteiger partial charge >= 0.3 is 0 Å². The molecule has 23 heavy (non-hydrogen) atoms. The Balaban J connectivity index is 2.19. The molecule has 0 heterocycles. The fourth-order valence-electron chi connectivity index (χ4n) is 2.45. The van der Waals surface area contributed by atoms with Gasteiger partial charge in [0.05, 0.1) is 6.61 Å². The SMILES string of the molecule is CCOc1ccc(C(=O)N(Cc2ccccc2)C(C)CC)cc1. The maximum absolute atomic E-state index is 12.9. The van der Waals surface area contributed by atoms with Crippen LogP contribution < -0.4 is 4.74 Å². The van der Waals surface area contributed by atoms with E-state index in [1.54, 1.807) is 0 Å². The lowest BCUT2D eigenvalue weighted by Gasteiger charge is -2.29. The molecule has 1 amide bonds. The van der Waals surface area contributed by atoms with Gasteiger partial charge in [-0.15, -0.1) is 0 Å². The zero-order valence-corrected chi connectivity index (χ0v) is 14.2. The third-order valence-corrected chi connectivity index (χ3v) is 3.99. The van der Waals surface area contributed by atoms with E-state index in [0.717, 1.165) is 17.7 Å². The van der Waals surface area contributed by atoms with Gasteiger partial charge in [0.25, 0.3) is 5.91 Å². The molecule has 0 bridgehead atoms. The average molecular weight is 311 g/mol. The predicted molar refractivity (Wildman–Crippen MR) is 93.7 cm³/mol. The second kappa shape index (κ2) is 8.37. The molecule has 2 rings (SSSR count). The molecule has 3 heteroatoms. The molecule has 0 saturated heterocycles. The summed E-state index contributed by atoms with van der Waals surface area (Å²) in [6.45, 7) is 7.40. The van der Waals surface area contributed by atoms with Crippen LogP contribution >= 0.6 is 0 Å². The molecular weight excluding hydrogens is 286 g/mol. The van der Waals surface area contributed by atoms with Crippen LogP contribution in [0.2, 0.25) is 0 Å². The van der Waals surface area contributed by atoms with Crippen LogP contribution in [-0.2, 0) is 6.54 Å². The minimum absolute atomic E-state index is 0.0613. The van der Waals surface area contributed by atoms with Crippen LogP contribution in [0.3, 0.4) is 0 Å². The Morgan fingerprint density at radius 1 is 1.04 bits per heavy atom. The Kier molecular flexibility index (Phi) is 6.21. The van der Waals surface area contributed by atoms with Crippen molar-refractivity contribution in [2.45, 2.75) is 39.8 Å². The summed E-state index contributed by atoms with van der Waals surface area (Å²) in [4.78, 5) is 14.8. The fraction of sp³-hybridized carbons (Fsp3) is 0.350. The van der Waals surface area contributed by atoms with Gasteiger partial charge in [-0.1, -0.05) is 37.3 Å². The highest BCUT2D eigenvalue weighted by atomic mass is 16.5. The summed E-state index contributed by atoms with van der Waals surface area (Å²) in [5.74, 6) is 0.855. The lowest BCUT2D eigenvalue weighted by Crippen LogP contribution is -2.37. The molecule has 0 N–H and O–H groups in total. The van der Waals surface area contributed by atoms with E-state index in [-0.39, 0.29) is 11.9 Å². The Hall–Kier alpha value is -2.29. The van der Waals surface area contributed by atoms with Crippen LogP contribution in [0.1, 0.15) is 43.1 Å². The van der Waals surface area contributed by atoms with Gasteiger partial charge in [0.2, 0.25) is 0 Å². The summed E-state index contributed by atoms with van der Waals surface area (Å²) in [7, 11) is 0. The molecule has 122 valence electrons. The van der Waals surface area contributed by atoms with Crippen molar-refractivity contribution in [3.8, 4) is 5.75 Å². The third kappa shape index (κ3) is 4.59.